The Morgan fingerprint density at radius 2 is 2.04 bits per heavy atom. The first-order valence-corrected chi connectivity index (χ1v) is 10.1. The molecule has 25 heavy (non-hydrogen) atoms. The second kappa shape index (κ2) is 7.45. The summed E-state index contributed by atoms with van der Waals surface area (Å²) in [6.45, 7) is 5.56. The van der Waals surface area contributed by atoms with Crippen LogP contribution in [0.15, 0.2) is 30.5 Å². The summed E-state index contributed by atoms with van der Waals surface area (Å²) in [5.74, 6) is 1.82. The predicted octanol–water partition coefficient (Wildman–Crippen LogP) is 1.79. The van der Waals surface area contributed by atoms with E-state index in [1.54, 1.807) is 13.1 Å². The summed E-state index contributed by atoms with van der Waals surface area (Å²) in [6.07, 6.45) is 2.53. The van der Waals surface area contributed by atoms with Gasteiger partial charge in [-0.05, 0) is 25.5 Å². The Morgan fingerprint density at radius 3 is 2.68 bits per heavy atom. The van der Waals surface area contributed by atoms with E-state index in [9.17, 15) is 8.42 Å². The zero-order valence-corrected chi connectivity index (χ0v) is 15.3. The molecule has 0 spiro atoms. The van der Waals surface area contributed by atoms with E-state index in [2.05, 4.69) is 20.3 Å². The van der Waals surface area contributed by atoms with Crippen LogP contribution in [-0.4, -0.2) is 53.1 Å². The third-order valence-corrected chi connectivity index (χ3v) is 6.10. The quantitative estimate of drug-likeness (QED) is 0.809. The third kappa shape index (κ3) is 4.13. The van der Waals surface area contributed by atoms with Gasteiger partial charge in [0.15, 0.2) is 5.82 Å². The van der Waals surface area contributed by atoms with Crippen LogP contribution in [0.5, 0.6) is 0 Å². The van der Waals surface area contributed by atoms with Gasteiger partial charge in [0, 0.05) is 43.5 Å². The number of hydrogen-bond acceptors (Lipinski definition) is 6. The number of sulfonamides is 1. The molecule has 134 valence electrons. The number of nitrogens with one attached hydrogen (secondary N) is 1. The Morgan fingerprint density at radius 1 is 1.24 bits per heavy atom. The molecule has 0 aliphatic carbocycles. The van der Waals surface area contributed by atoms with Gasteiger partial charge in [-0.3, -0.25) is 4.98 Å². The summed E-state index contributed by atoms with van der Waals surface area (Å²) in [5, 5.41) is 3.32. The van der Waals surface area contributed by atoms with Gasteiger partial charge in [-0.15, -0.1) is 0 Å². The lowest BCUT2D eigenvalue weighted by molar-refractivity contribution is 0.212. The minimum Gasteiger partial charge on any atom is -0.370 e. The number of nitrogens with zero attached hydrogens (tertiary/aromatic N) is 4. The van der Waals surface area contributed by atoms with Crippen molar-refractivity contribution in [2.24, 2.45) is 5.92 Å². The second-order valence-corrected chi connectivity index (χ2v) is 8.36. The van der Waals surface area contributed by atoms with E-state index < -0.39 is 10.0 Å². The highest BCUT2D eigenvalue weighted by atomic mass is 32.2. The van der Waals surface area contributed by atoms with Crippen LogP contribution in [-0.2, 0) is 16.4 Å². The molecule has 0 amide bonds. The average molecular weight is 361 g/mol. The maximum Gasteiger partial charge on any atom is 0.213 e. The molecule has 0 unspecified atom stereocenters. The highest BCUT2D eigenvalue weighted by Gasteiger charge is 2.34. The molecule has 0 radical (unpaired) electrons. The molecule has 1 saturated heterocycles. The van der Waals surface area contributed by atoms with Gasteiger partial charge in [-0.2, -0.15) is 0 Å². The van der Waals surface area contributed by atoms with Crippen LogP contribution in [0, 0.1) is 5.92 Å². The van der Waals surface area contributed by atoms with Crippen LogP contribution in [0.1, 0.15) is 19.5 Å². The molecule has 1 aliphatic rings. The second-order valence-electron chi connectivity index (χ2n) is 6.10. The standard InChI is InChI=1S/C17H23N5O2S/c1-3-14-9-16(21-17(20-14)15-7-5-6-8-18-15)19-10-13-11-22(12-13)25(23,24)4-2/h5-9,13H,3-4,10-12H2,1-2H3,(H,19,20,21). The molecule has 0 bridgehead atoms. The fraction of sp³-hybridized carbons (Fsp3) is 0.471. The summed E-state index contributed by atoms with van der Waals surface area (Å²) in [4.78, 5) is 13.4. The zero-order valence-electron chi connectivity index (χ0n) is 14.5. The van der Waals surface area contributed by atoms with Gasteiger partial charge in [-0.25, -0.2) is 22.7 Å². The normalized spacial score (nSPS) is 15.8. The predicted molar refractivity (Wildman–Crippen MR) is 97.7 cm³/mol. The highest BCUT2D eigenvalue weighted by Crippen LogP contribution is 2.21. The maximum absolute atomic E-state index is 11.8. The molecule has 8 heteroatoms. The summed E-state index contributed by atoms with van der Waals surface area (Å²) in [5.41, 5.74) is 1.69. The maximum atomic E-state index is 11.8. The molecule has 2 aromatic rings. The van der Waals surface area contributed by atoms with Crippen LogP contribution in [0.2, 0.25) is 0 Å². The lowest BCUT2D eigenvalue weighted by atomic mass is 10.0. The third-order valence-electron chi connectivity index (χ3n) is 4.29. The first-order chi connectivity index (χ1) is 12.0. The van der Waals surface area contributed by atoms with E-state index >= 15 is 0 Å². The number of anilines is 1. The minimum atomic E-state index is -3.06. The average Bonchev–Trinajstić information content (AvgIpc) is 2.60. The van der Waals surface area contributed by atoms with Crippen molar-refractivity contribution in [1.82, 2.24) is 19.3 Å². The molecule has 1 N–H and O–H groups in total. The summed E-state index contributed by atoms with van der Waals surface area (Å²) < 4.78 is 25.1. The molecule has 1 aliphatic heterocycles. The fourth-order valence-electron chi connectivity index (χ4n) is 2.69. The smallest absolute Gasteiger partial charge is 0.213 e. The Bertz CT molecular complexity index is 820. The van der Waals surface area contributed by atoms with Crippen molar-refractivity contribution in [2.75, 3.05) is 30.7 Å². The van der Waals surface area contributed by atoms with Crippen molar-refractivity contribution < 1.29 is 8.42 Å². The number of aromatic nitrogens is 3. The Hall–Kier alpha value is -2.06. The van der Waals surface area contributed by atoms with E-state index in [1.165, 1.54) is 4.31 Å². The summed E-state index contributed by atoms with van der Waals surface area (Å²) >= 11 is 0. The van der Waals surface area contributed by atoms with Crippen molar-refractivity contribution in [1.29, 1.82) is 0 Å². The van der Waals surface area contributed by atoms with E-state index in [1.807, 2.05) is 31.2 Å². The van der Waals surface area contributed by atoms with E-state index in [-0.39, 0.29) is 5.75 Å². The molecule has 0 saturated carbocycles. The van der Waals surface area contributed by atoms with E-state index in [0.29, 0.717) is 31.4 Å². The molecule has 3 heterocycles. The monoisotopic (exact) mass is 361 g/mol. The van der Waals surface area contributed by atoms with Crippen LogP contribution < -0.4 is 5.32 Å². The summed E-state index contributed by atoms with van der Waals surface area (Å²) in [7, 11) is -3.06. The zero-order chi connectivity index (χ0) is 17.9. The first-order valence-electron chi connectivity index (χ1n) is 8.53. The largest absolute Gasteiger partial charge is 0.370 e. The van der Waals surface area contributed by atoms with Crippen LogP contribution in [0.3, 0.4) is 0 Å². The topological polar surface area (TPSA) is 88.1 Å². The van der Waals surface area contributed by atoms with Crippen molar-refractivity contribution >= 4 is 15.8 Å². The molecule has 7 nitrogen and oxygen atoms in total. The lowest BCUT2D eigenvalue weighted by Gasteiger charge is -2.38. The Labute approximate surface area is 148 Å². The number of hydrogen-bond donors (Lipinski definition) is 1. The van der Waals surface area contributed by atoms with Crippen LogP contribution in [0.4, 0.5) is 5.82 Å². The Kier molecular flexibility index (Phi) is 5.29. The van der Waals surface area contributed by atoms with Crippen molar-refractivity contribution in [3.8, 4) is 11.5 Å². The number of pyridine rings is 1. The molecule has 0 atom stereocenters. The van der Waals surface area contributed by atoms with Crippen molar-refractivity contribution in [3.05, 3.63) is 36.2 Å². The SMILES string of the molecule is CCc1cc(NCC2CN(S(=O)(=O)CC)C2)nc(-c2ccccn2)n1. The Balaban J connectivity index is 1.65. The molecular formula is C17H23N5O2S. The van der Waals surface area contributed by atoms with Gasteiger partial charge >= 0.3 is 0 Å². The van der Waals surface area contributed by atoms with E-state index in [4.69, 9.17) is 0 Å². The minimum absolute atomic E-state index is 0.159. The van der Waals surface area contributed by atoms with Gasteiger partial charge < -0.3 is 5.32 Å². The fourth-order valence-corrected chi connectivity index (χ4v) is 3.93. The molecule has 1 fully saturated rings. The van der Waals surface area contributed by atoms with E-state index in [0.717, 1.165) is 23.6 Å². The van der Waals surface area contributed by atoms with Crippen LogP contribution in [0.25, 0.3) is 11.5 Å². The van der Waals surface area contributed by atoms with Gasteiger partial charge in [-0.1, -0.05) is 13.0 Å². The summed E-state index contributed by atoms with van der Waals surface area (Å²) in [6, 6.07) is 7.59. The molecule has 2 aromatic heterocycles. The number of rotatable bonds is 7. The van der Waals surface area contributed by atoms with Gasteiger partial charge in [0.05, 0.1) is 5.75 Å². The van der Waals surface area contributed by atoms with Gasteiger partial charge in [0.2, 0.25) is 10.0 Å². The lowest BCUT2D eigenvalue weighted by Crippen LogP contribution is -2.52. The van der Waals surface area contributed by atoms with Gasteiger partial charge in [0.1, 0.15) is 11.5 Å². The number of aryl methyl sites for hydroxylation is 1. The molecular weight excluding hydrogens is 338 g/mol. The first kappa shape index (κ1) is 17.8. The molecule has 0 aromatic carbocycles. The van der Waals surface area contributed by atoms with Crippen molar-refractivity contribution in [2.45, 2.75) is 20.3 Å². The molecule has 3 rings (SSSR count). The highest BCUT2D eigenvalue weighted by molar-refractivity contribution is 7.89. The van der Waals surface area contributed by atoms with Crippen molar-refractivity contribution in [3.63, 3.8) is 0 Å². The van der Waals surface area contributed by atoms with Crippen LogP contribution >= 0.6 is 0 Å². The van der Waals surface area contributed by atoms with Gasteiger partial charge in [0.25, 0.3) is 0 Å².